The second kappa shape index (κ2) is 9.59. The predicted octanol–water partition coefficient (Wildman–Crippen LogP) is 2.79. The Morgan fingerprint density at radius 2 is 1.83 bits per heavy atom. The summed E-state index contributed by atoms with van der Waals surface area (Å²) in [7, 11) is 1.69. The van der Waals surface area contributed by atoms with E-state index >= 15 is 0 Å². The van der Waals surface area contributed by atoms with Crippen LogP contribution in [0.25, 0.3) is 0 Å². The van der Waals surface area contributed by atoms with Crippen molar-refractivity contribution >= 4 is 23.2 Å². The Labute approximate surface area is 118 Å². The van der Waals surface area contributed by atoms with Gasteiger partial charge in [0.2, 0.25) is 0 Å². The highest BCUT2D eigenvalue weighted by atomic mass is 35.5. The van der Waals surface area contributed by atoms with Crippen molar-refractivity contribution in [2.75, 3.05) is 40.0 Å². The summed E-state index contributed by atoms with van der Waals surface area (Å²) in [6.45, 7) is 3.80. The lowest BCUT2D eigenvalue weighted by atomic mass is 10.2. The van der Waals surface area contributed by atoms with Crippen LogP contribution in [0.3, 0.4) is 0 Å². The molecular formula is C13H19Cl2NO2. The van der Waals surface area contributed by atoms with Gasteiger partial charge in [0.05, 0.1) is 29.9 Å². The minimum Gasteiger partial charge on any atom is -0.383 e. The van der Waals surface area contributed by atoms with Crippen LogP contribution in [0.15, 0.2) is 18.2 Å². The fraction of sp³-hybridized carbons (Fsp3) is 0.538. The Morgan fingerprint density at radius 3 is 2.56 bits per heavy atom. The summed E-state index contributed by atoms with van der Waals surface area (Å²) in [5.74, 6) is 0. The zero-order valence-electron chi connectivity index (χ0n) is 10.5. The molecule has 0 aliphatic rings. The molecule has 0 aliphatic heterocycles. The molecule has 0 spiro atoms. The van der Waals surface area contributed by atoms with E-state index in [-0.39, 0.29) is 0 Å². The lowest BCUT2D eigenvalue weighted by molar-refractivity contribution is 0.135. The van der Waals surface area contributed by atoms with Crippen LogP contribution in [0, 0.1) is 0 Å². The van der Waals surface area contributed by atoms with Crippen LogP contribution in [0.1, 0.15) is 5.56 Å². The first-order valence-electron chi connectivity index (χ1n) is 5.95. The molecule has 0 aliphatic carbocycles. The molecule has 0 saturated carbocycles. The number of hydrogen-bond acceptors (Lipinski definition) is 3. The molecule has 0 fully saturated rings. The average Bonchev–Trinajstić information content (AvgIpc) is 2.37. The van der Waals surface area contributed by atoms with Crippen LogP contribution in [-0.2, 0) is 15.9 Å². The summed E-state index contributed by atoms with van der Waals surface area (Å²) in [4.78, 5) is 0. The number of rotatable bonds is 9. The molecule has 1 rings (SSSR count). The highest BCUT2D eigenvalue weighted by molar-refractivity contribution is 6.42. The van der Waals surface area contributed by atoms with E-state index in [1.807, 2.05) is 18.2 Å². The van der Waals surface area contributed by atoms with Gasteiger partial charge < -0.3 is 14.8 Å². The third-order valence-corrected chi connectivity index (χ3v) is 3.16. The predicted molar refractivity (Wildman–Crippen MR) is 75.7 cm³/mol. The number of benzene rings is 1. The molecule has 1 aromatic rings. The largest absolute Gasteiger partial charge is 0.383 e. The molecule has 1 N–H and O–H groups in total. The van der Waals surface area contributed by atoms with E-state index in [1.54, 1.807) is 7.11 Å². The van der Waals surface area contributed by atoms with E-state index in [1.165, 1.54) is 0 Å². The fourth-order valence-corrected chi connectivity index (χ4v) is 1.75. The highest BCUT2D eigenvalue weighted by Crippen LogP contribution is 2.22. The third kappa shape index (κ3) is 6.57. The number of halogens is 2. The minimum atomic E-state index is 0.587. The van der Waals surface area contributed by atoms with E-state index in [4.69, 9.17) is 32.7 Å². The maximum Gasteiger partial charge on any atom is 0.0595 e. The third-order valence-electron chi connectivity index (χ3n) is 2.43. The Morgan fingerprint density at radius 1 is 1.06 bits per heavy atom. The van der Waals surface area contributed by atoms with E-state index in [0.29, 0.717) is 23.3 Å². The second-order valence-electron chi connectivity index (χ2n) is 3.85. The van der Waals surface area contributed by atoms with Crippen molar-refractivity contribution in [2.45, 2.75) is 6.42 Å². The zero-order chi connectivity index (χ0) is 13.2. The van der Waals surface area contributed by atoms with Crippen LogP contribution in [0.5, 0.6) is 0 Å². The van der Waals surface area contributed by atoms with Gasteiger partial charge in [-0.25, -0.2) is 0 Å². The maximum absolute atomic E-state index is 5.93. The van der Waals surface area contributed by atoms with Crippen LogP contribution in [0.2, 0.25) is 10.0 Å². The standard InChI is InChI=1S/C13H19Cl2NO2/c1-17-8-5-16-6-9-18-7-4-11-2-3-12(14)13(15)10-11/h2-3,10,16H,4-9H2,1H3. The van der Waals surface area contributed by atoms with Crippen molar-refractivity contribution in [2.24, 2.45) is 0 Å². The average molecular weight is 292 g/mol. The topological polar surface area (TPSA) is 30.5 Å². The van der Waals surface area contributed by atoms with Crippen molar-refractivity contribution in [3.63, 3.8) is 0 Å². The van der Waals surface area contributed by atoms with Gasteiger partial charge in [-0.05, 0) is 24.1 Å². The van der Waals surface area contributed by atoms with E-state index in [0.717, 1.165) is 31.7 Å². The van der Waals surface area contributed by atoms with Crippen molar-refractivity contribution in [1.29, 1.82) is 0 Å². The zero-order valence-corrected chi connectivity index (χ0v) is 12.1. The molecule has 0 heterocycles. The quantitative estimate of drug-likeness (QED) is 0.710. The molecule has 0 saturated heterocycles. The summed E-state index contributed by atoms with van der Waals surface area (Å²) in [5, 5.41) is 4.39. The number of nitrogens with one attached hydrogen (secondary N) is 1. The molecule has 0 amide bonds. The van der Waals surface area contributed by atoms with E-state index in [9.17, 15) is 0 Å². The van der Waals surface area contributed by atoms with Crippen molar-refractivity contribution < 1.29 is 9.47 Å². The van der Waals surface area contributed by atoms with Gasteiger partial charge >= 0.3 is 0 Å². The SMILES string of the molecule is COCCNCCOCCc1ccc(Cl)c(Cl)c1. The molecule has 102 valence electrons. The summed E-state index contributed by atoms with van der Waals surface area (Å²) in [6.07, 6.45) is 0.842. The molecule has 0 unspecified atom stereocenters. The lowest BCUT2D eigenvalue weighted by Crippen LogP contribution is -2.23. The smallest absolute Gasteiger partial charge is 0.0595 e. The number of methoxy groups -OCH3 is 1. The van der Waals surface area contributed by atoms with Gasteiger partial charge in [-0.1, -0.05) is 29.3 Å². The Balaban J connectivity index is 2.05. The van der Waals surface area contributed by atoms with Crippen LogP contribution >= 0.6 is 23.2 Å². The number of ether oxygens (including phenoxy) is 2. The Hall–Kier alpha value is -0.320. The van der Waals surface area contributed by atoms with Crippen LogP contribution in [0.4, 0.5) is 0 Å². The lowest BCUT2D eigenvalue weighted by Gasteiger charge is -2.06. The summed E-state index contributed by atoms with van der Waals surface area (Å²) < 4.78 is 10.4. The molecule has 0 bridgehead atoms. The van der Waals surface area contributed by atoms with Gasteiger partial charge in [0.25, 0.3) is 0 Å². The van der Waals surface area contributed by atoms with Crippen molar-refractivity contribution in [1.82, 2.24) is 5.32 Å². The normalized spacial score (nSPS) is 10.8. The van der Waals surface area contributed by atoms with Gasteiger partial charge in [-0.15, -0.1) is 0 Å². The molecule has 0 aromatic heterocycles. The Kier molecular flexibility index (Phi) is 8.38. The van der Waals surface area contributed by atoms with E-state index < -0.39 is 0 Å². The molecule has 3 nitrogen and oxygen atoms in total. The summed E-state index contributed by atoms with van der Waals surface area (Å²) >= 11 is 11.8. The first-order chi connectivity index (χ1) is 8.74. The molecule has 18 heavy (non-hydrogen) atoms. The monoisotopic (exact) mass is 291 g/mol. The molecule has 0 radical (unpaired) electrons. The highest BCUT2D eigenvalue weighted by Gasteiger charge is 1.99. The fourth-order valence-electron chi connectivity index (χ4n) is 1.43. The van der Waals surface area contributed by atoms with Crippen molar-refractivity contribution in [3.05, 3.63) is 33.8 Å². The second-order valence-corrected chi connectivity index (χ2v) is 4.67. The minimum absolute atomic E-state index is 0.587. The Bertz CT molecular complexity index is 348. The van der Waals surface area contributed by atoms with Gasteiger partial charge in [0.1, 0.15) is 0 Å². The molecule has 0 atom stereocenters. The first-order valence-corrected chi connectivity index (χ1v) is 6.71. The number of hydrogen-bond donors (Lipinski definition) is 1. The van der Waals surface area contributed by atoms with E-state index in [2.05, 4.69) is 5.32 Å². The van der Waals surface area contributed by atoms with Gasteiger partial charge in [-0.3, -0.25) is 0 Å². The molecule has 1 aromatic carbocycles. The van der Waals surface area contributed by atoms with Crippen LogP contribution < -0.4 is 5.32 Å². The summed E-state index contributed by atoms with van der Waals surface area (Å²) in [6, 6.07) is 5.66. The van der Waals surface area contributed by atoms with Crippen molar-refractivity contribution in [3.8, 4) is 0 Å². The molecular weight excluding hydrogens is 273 g/mol. The van der Waals surface area contributed by atoms with Crippen LogP contribution in [-0.4, -0.2) is 40.0 Å². The van der Waals surface area contributed by atoms with Gasteiger partial charge in [-0.2, -0.15) is 0 Å². The maximum atomic E-state index is 5.93. The van der Waals surface area contributed by atoms with Gasteiger partial charge in [0.15, 0.2) is 0 Å². The first kappa shape index (κ1) is 15.7. The van der Waals surface area contributed by atoms with Gasteiger partial charge in [0, 0.05) is 20.2 Å². The summed E-state index contributed by atoms with van der Waals surface area (Å²) in [5.41, 5.74) is 1.14. The molecule has 5 heteroatoms.